The van der Waals surface area contributed by atoms with Gasteiger partial charge in [-0.05, 0) is 147 Å². The third-order valence-corrected chi connectivity index (χ3v) is 21.0. The Kier molecular flexibility index (Phi) is 12.0. The summed E-state index contributed by atoms with van der Waals surface area (Å²) in [5.74, 6) is 0. The molecular weight excluding hydrogens is 1110 g/mol. The lowest BCUT2D eigenvalue weighted by Gasteiger charge is -2.18. The van der Waals surface area contributed by atoms with E-state index < -0.39 is 0 Å². The summed E-state index contributed by atoms with van der Waals surface area (Å²) in [6.45, 7) is 0. The van der Waals surface area contributed by atoms with Crippen molar-refractivity contribution in [3.8, 4) is 94.7 Å². The number of benzene rings is 15. The maximum atomic E-state index is 2.49. The zero-order valence-electron chi connectivity index (χ0n) is 48.4. The number of hydrogen-bond donors (Lipinski definition) is 0. The zero-order chi connectivity index (χ0) is 58.5. The van der Waals surface area contributed by atoms with E-state index in [4.69, 9.17) is 0 Å². The molecule has 0 aliphatic carbocycles. The molecule has 18 aromatic rings. The summed E-state index contributed by atoms with van der Waals surface area (Å²) in [7, 11) is 0. The van der Waals surface area contributed by atoms with Crippen molar-refractivity contribution in [1.82, 2.24) is 4.57 Å². The van der Waals surface area contributed by atoms with Gasteiger partial charge in [-0.2, -0.15) is 0 Å². The van der Waals surface area contributed by atoms with E-state index >= 15 is 0 Å². The predicted octanol–water partition coefficient (Wildman–Crippen LogP) is 25.2. The molecule has 0 unspecified atom stereocenters. The van der Waals surface area contributed by atoms with Crippen LogP contribution in [0.1, 0.15) is 0 Å². The molecule has 0 bridgehead atoms. The lowest BCUT2D eigenvalue weighted by atomic mass is 9.86. The Hall–Kier alpha value is -10.9. The van der Waals surface area contributed by atoms with Crippen molar-refractivity contribution in [3.63, 3.8) is 0 Å². The molecule has 0 atom stereocenters. The van der Waals surface area contributed by atoms with E-state index in [0.717, 1.165) is 5.69 Å². The molecule has 0 aliphatic heterocycles. The lowest BCUT2D eigenvalue weighted by molar-refractivity contribution is 1.18. The summed E-state index contributed by atoms with van der Waals surface area (Å²) in [5.41, 5.74) is 23.2. The quantitative estimate of drug-likeness (QED) is 0.127. The number of rotatable bonds is 9. The number of aromatic nitrogens is 1. The molecule has 15 aromatic carbocycles. The van der Waals surface area contributed by atoms with E-state index in [1.54, 1.807) is 0 Å². The largest absolute Gasteiger partial charge is 0.309 e. The zero-order valence-corrected chi connectivity index (χ0v) is 50.0. The van der Waals surface area contributed by atoms with E-state index in [1.165, 1.54) is 173 Å². The Balaban J connectivity index is 0.799. The molecule has 3 heterocycles. The van der Waals surface area contributed by atoms with Crippen LogP contribution in [-0.2, 0) is 0 Å². The van der Waals surface area contributed by atoms with Gasteiger partial charge in [-0.1, -0.05) is 285 Å². The number of fused-ring (bicyclic) bond motifs is 11. The molecule has 0 N–H and O–H groups in total. The summed E-state index contributed by atoms with van der Waals surface area (Å²) >= 11 is 3.83. The van der Waals surface area contributed by atoms with Gasteiger partial charge in [0.2, 0.25) is 0 Å². The molecule has 0 fully saturated rings. The fourth-order valence-corrected chi connectivity index (χ4v) is 17.0. The molecule has 0 spiro atoms. The Morgan fingerprint density at radius 1 is 0.180 bits per heavy atom. The summed E-state index contributed by atoms with van der Waals surface area (Å²) < 4.78 is 7.71. The predicted molar refractivity (Wildman–Crippen MR) is 385 cm³/mol. The smallest absolute Gasteiger partial charge is 0.0541 e. The second kappa shape index (κ2) is 20.9. The molecule has 3 heteroatoms. The maximum absolute atomic E-state index is 2.49. The molecular formula is C86H53NS2. The first-order valence-electron chi connectivity index (χ1n) is 30.5. The van der Waals surface area contributed by atoms with Crippen LogP contribution in [0.2, 0.25) is 0 Å². The van der Waals surface area contributed by atoms with Crippen LogP contribution in [0.3, 0.4) is 0 Å². The van der Waals surface area contributed by atoms with Crippen LogP contribution >= 0.6 is 22.7 Å². The highest BCUT2D eigenvalue weighted by molar-refractivity contribution is 7.27. The van der Waals surface area contributed by atoms with Gasteiger partial charge < -0.3 is 4.57 Å². The van der Waals surface area contributed by atoms with Gasteiger partial charge in [-0.25, -0.2) is 0 Å². The summed E-state index contributed by atoms with van der Waals surface area (Å²) in [4.78, 5) is 0. The molecule has 414 valence electrons. The van der Waals surface area contributed by atoms with Crippen molar-refractivity contribution in [1.29, 1.82) is 0 Å². The van der Waals surface area contributed by atoms with Crippen LogP contribution in [0.25, 0.3) is 178 Å². The fraction of sp³-hybridized carbons (Fsp3) is 0. The molecule has 0 saturated heterocycles. The van der Waals surface area contributed by atoms with E-state index in [0.29, 0.717) is 0 Å². The first-order valence-corrected chi connectivity index (χ1v) is 32.2. The van der Waals surface area contributed by atoms with Gasteiger partial charge in [0.25, 0.3) is 0 Å². The van der Waals surface area contributed by atoms with Crippen LogP contribution in [0, 0.1) is 0 Å². The van der Waals surface area contributed by atoms with Gasteiger partial charge in [0, 0.05) is 56.8 Å². The monoisotopic (exact) mass is 1160 g/mol. The van der Waals surface area contributed by atoms with Gasteiger partial charge in [0.1, 0.15) is 0 Å². The highest BCUT2D eigenvalue weighted by atomic mass is 32.1. The molecule has 18 rings (SSSR count). The molecule has 0 aliphatic rings. The highest BCUT2D eigenvalue weighted by Gasteiger charge is 2.22. The SMILES string of the molecule is c1ccc(-c2ccc(-c3cccc4c3sc3c(-c5ccc6c(c5)c5cc(-c7cccc8c7sc7c(-c9ccc(-c%10ccccc%10)cc9)cccc78)ccc5n6-c5ccc(-c6c7ccccc7c(-c7ccccc7)c7ccccc67)cc5)cccc34)cc2)cc1. The first-order chi connectivity index (χ1) is 44.1. The minimum atomic E-state index is 1.12. The minimum absolute atomic E-state index is 1.12. The Bertz CT molecular complexity index is 5480. The van der Waals surface area contributed by atoms with Crippen LogP contribution in [0.4, 0.5) is 0 Å². The molecule has 0 radical (unpaired) electrons. The van der Waals surface area contributed by atoms with Crippen molar-refractivity contribution < 1.29 is 0 Å². The highest BCUT2D eigenvalue weighted by Crippen LogP contribution is 2.49. The summed E-state index contributed by atoms with van der Waals surface area (Å²) in [6.07, 6.45) is 0. The molecule has 0 saturated carbocycles. The van der Waals surface area contributed by atoms with Crippen LogP contribution in [-0.4, -0.2) is 4.57 Å². The first kappa shape index (κ1) is 51.3. The molecule has 1 nitrogen and oxygen atoms in total. The normalized spacial score (nSPS) is 11.8. The number of thiophene rings is 2. The van der Waals surface area contributed by atoms with Crippen LogP contribution in [0.5, 0.6) is 0 Å². The van der Waals surface area contributed by atoms with E-state index in [1.807, 2.05) is 22.7 Å². The Labute approximate surface area is 523 Å². The van der Waals surface area contributed by atoms with Crippen molar-refractivity contribution in [2.24, 2.45) is 0 Å². The Morgan fingerprint density at radius 3 is 0.820 bits per heavy atom. The standard InChI is InChI=1S/C86H53NS2/c1-4-18-54(19-5-1)56-36-40-58(41-37-56)65-28-14-32-73-75-34-16-30-67(85(75)88-83(65)73)62-46-50-79-77(52-62)78-53-63(68-31-17-35-76-74-33-15-29-66(84(74)89-86(68)76)59-42-38-57(39-43-59)55-20-6-2-7-21-55)47-51-80(78)87(79)64-48-44-61(45-49-64)82-71-26-12-10-24-69(71)81(60-22-8-3-9-23-60)70-25-11-13-27-72(70)82/h1-53H. The van der Waals surface area contributed by atoms with E-state index in [9.17, 15) is 0 Å². The van der Waals surface area contributed by atoms with Crippen LogP contribution in [0.15, 0.2) is 322 Å². The number of nitrogens with zero attached hydrogens (tertiary/aromatic N) is 1. The van der Waals surface area contributed by atoms with Crippen molar-refractivity contribution in [3.05, 3.63) is 322 Å². The minimum Gasteiger partial charge on any atom is -0.309 e. The third kappa shape index (κ3) is 8.42. The summed E-state index contributed by atoms with van der Waals surface area (Å²) in [6, 6.07) is 119. The second-order valence-electron chi connectivity index (χ2n) is 23.4. The van der Waals surface area contributed by atoms with Gasteiger partial charge >= 0.3 is 0 Å². The number of hydrogen-bond acceptors (Lipinski definition) is 2. The van der Waals surface area contributed by atoms with E-state index in [-0.39, 0.29) is 0 Å². The van der Waals surface area contributed by atoms with Crippen molar-refractivity contribution >= 4 is 106 Å². The fourth-order valence-electron chi connectivity index (χ4n) is 14.3. The molecule has 0 amide bonds. The van der Waals surface area contributed by atoms with Gasteiger partial charge in [-0.3, -0.25) is 0 Å². The third-order valence-electron chi connectivity index (χ3n) is 18.4. The van der Waals surface area contributed by atoms with Gasteiger partial charge in [0.15, 0.2) is 0 Å². The van der Waals surface area contributed by atoms with Gasteiger partial charge in [0.05, 0.1) is 11.0 Å². The second-order valence-corrected chi connectivity index (χ2v) is 25.4. The lowest BCUT2D eigenvalue weighted by Crippen LogP contribution is -1.95. The average molecular weight is 1160 g/mol. The topological polar surface area (TPSA) is 4.93 Å². The Morgan fingerprint density at radius 2 is 0.449 bits per heavy atom. The van der Waals surface area contributed by atoms with Crippen molar-refractivity contribution in [2.75, 3.05) is 0 Å². The average Bonchev–Trinajstić information content (AvgIpc) is 1.82. The van der Waals surface area contributed by atoms with Crippen LogP contribution < -0.4 is 0 Å². The van der Waals surface area contributed by atoms with E-state index in [2.05, 4.69) is 326 Å². The maximum Gasteiger partial charge on any atom is 0.0541 e. The molecule has 3 aromatic heterocycles. The van der Waals surface area contributed by atoms with Gasteiger partial charge in [-0.15, -0.1) is 22.7 Å². The van der Waals surface area contributed by atoms with Crippen molar-refractivity contribution in [2.45, 2.75) is 0 Å². The summed E-state index contributed by atoms with van der Waals surface area (Å²) in [5, 5.41) is 12.6. The molecule has 89 heavy (non-hydrogen) atoms.